The highest BCUT2D eigenvalue weighted by atomic mass is 35.5. The molecular weight excluding hydrogens is 510 g/mol. The first kappa shape index (κ1) is 24.7. The average molecular weight is 530 g/mol. The molecule has 0 amide bonds. The van der Waals surface area contributed by atoms with Crippen LogP contribution < -0.4 is 21.1 Å². The summed E-state index contributed by atoms with van der Waals surface area (Å²) in [6.45, 7) is 1.84. The Kier molecular flexibility index (Phi) is 7.00. The number of alkyl halides is 3. The summed E-state index contributed by atoms with van der Waals surface area (Å²) >= 11 is 13.1. The van der Waals surface area contributed by atoms with Crippen LogP contribution in [-0.4, -0.2) is 22.5 Å². The molecule has 0 radical (unpaired) electrons. The normalized spacial score (nSPS) is 16.9. The Balaban J connectivity index is 1.64. The Morgan fingerprint density at radius 2 is 1.79 bits per heavy atom. The fraction of sp³-hybridized carbons (Fsp3) is 0.217. The predicted molar refractivity (Wildman–Crippen MR) is 130 cm³/mol. The molecule has 4 N–H and O–H groups in total. The van der Waals surface area contributed by atoms with Crippen molar-refractivity contribution >= 4 is 45.4 Å². The summed E-state index contributed by atoms with van der Waals surface area (Å²) in [6.07, 6.45) is -5.34. The zero-order chi connectivity index (χ0) is 24.6. The number of hydrogen-bond donors (Lipinski definition) is 3. The third-order valence-corrected chi connectivity index (χ3v) is 7.36. The Hall–Kier alpha value is -2.46. The summed E-state index contributed by atoms with van der Waals surface area (Å²) < 4.78 is 54.9. The second kappa shape index (κ2) is 9.65. The number of nitrogens with two attached hydrogens (primary N) is 1. The molecule has 1 aliphatic rings. The lowest BCUT2D eigenvalue weighted by atomic mass is 10.0. The Bertz CT molecular complexity index is 1240. The SMILES string of the molecule is CCS(=O)c1ccc(C(N)C2Nc3cc(Cl)c(-c4ccccc4OC(F)(F)F)c(Cl)c3N2)cc1. The Labute approximate surface area is 206 Å². The highest BCUT2D eigenvalue weighted by Crippen LogP contribution is 2.49. The monoisotopic (exact) mass is 529 g/mol. The molecule has 3 aromatic carbocycles. The van der Waals surface area contributed by atoms with E-state index in [0.717, 1.165) is 5.56 Å². The smallest absolute Gasteiger partial charge is 0.405 e. The molecule has 1 heterocycles. The third kappa shape index (κ3) is 4.98. The number of ether oxygens (including phenoxy) is 1. The Morgan fingerprint density at radius 3 is 2.44 bits per heavy atom. The van der Waals surface area contributed by atoms with Crippen molar-refractivity contribution in [2.75, 3.05) is 16.4 Å². The zero-order valence-corrected chi connectivity index (χ0v) is 20.1. The van der Waals surface area contributed by atoms with E-state index in [-0.39, 0.29) is 21.2 Å². The first-order valence-corrected chi connectivity index (χ1v) is 12.3. The molecule has 0 saturated carbocycles. The minimum atomic E-state index is -4.87. The van der Waals surface area contributed by atoms with Gasteiger partial charge in [-0.3, -0.25) is 4.21 Å². The van der Waals surface area contributed by atoms with Gasteiger partial charge in [0.2, 0.25) is 0 Å². The molecule has 180 valence electrons. The van der Waals surface area contributed by atoms with Crippen LogP contribution in [0.4, 0.5) is 24.5 Å². The first-order valence-electron chi connectivity index (χ1n) is 10.2. The molecule has 3 unspecified atom stereocenters. The van der Waals surface area contributed by atoms with Crippen LogP contribution in [0.2, 0.25) is 10.0 Å². The van der Waals surface area contributed by atoms with E-state index < -0.39 is 35.1 Å². The van der Waals surface area contributed by atoms with Crippen molar-refractivity contribution in [2.45, 2.75) is 30.4 Å². The fourth-order valence-corrected chi connectivity index (χ4v) is 5.23. The lowest BCUT2D eigenvalue weighted by molar-refractivity contribution is -0.274. The van der Waals surface area contributed by atoms with Crippen molar-refractivity contribution in [1.82, 2.24) is 0 Å². The van der Waals surface area contributed by atoms with Gasteiger partial charge in [0.1, 0.15) is 11.9 Å². The molecule has 0 fully saturated rings. The lowest BCUT2D eigenvalue weighted by Crippen LogP contribution is -2.35. The predicted octanol–water partition coefficient (Wildman–Crippen LogP) is 6.55. The maximum Gasteiger partial charge on any atom is 0.573 e. The number of hydrogen-bond acceptors (Lipinski definition) is 5. The van der Waals surface area contributed by atoms with Crippen molar-refractivity contribution in [1.29, 1.82) is 0 Å². The van der Waals surface area contributed by atoms with Crippen LogP contribution in [0.5, 0.6) is 5.75 Å². The van der Waals surface area contributed by atoms with E-state index in [2.05, 4.69) is 15.4 Å². The van der Waals surface area contributed by atoms with Crippen molar-refractivity contribution in [2.24, 2.45) is 5.73 Å². The van der Waals surface area contributed by atoms with Crippen LogP contribution >= 0.6 is 23.2 Å². The molecule has 34 heavy (non-hydrogen) atoms. The van der Waals surface area contributed by atoms with Gasteiger partial charge in [0.25, 0.3) is 0 Å². The molecule has 3 atom stereocenters. The zero-order valence-electron chi connectivity index (χ0n) is 17.7. The van der Waals surface area contributed by atoms with Gasteiger partial charge in [0, 0.05) is 21.8 Å². The largest absolute Gasteiger partial charge is 0.573 e. The Morgan fingerprint density at radius 1 is 1.12 bits per heavy atom. The average Bonchev–Trinajstić information content (AvgIpc) is 3.22. The van der Waals surface area contributed by atoms with Crippen molar-refractivity contribution in [3.05, 3.63) is 70.2 Å². The molecular formula is C23H20Cl2F3N3O2S. The van der Waals surface area contributed by atoms with E-state index in [1.54, 1.807) is 24.3 Å². The van der Waals surface area contributed by atoms with Gasteiger partial charge < -0.3 is 21.1 Å². The van der Waals surface area contributed by atoms with Crippen LogP contribution in [-0.2, 0) is 10.8 Å². The molecule has 4 rings (SSSR count). The summed E-state index contributed by atoms with van der Waals surface area (Å²) in [5.74, 6) is 0.105. The maximum atomic E-state index is 12.9. The number of rotatable bonds is 6. The van der Waals surface area contributed by atoms with E-state index in [1.807, 2.05) is 19.1 Å². The molecule has 0 aliphatic carbocycles. The topological polar surface area (TPSA) is 76.4 Å². The van der Waals surface area contributed by atoms with Gasteiger partial charge in [-0.15, -0.1) is 13.2 Å². The molecule has 0 saturated heterocycles. The van der Waals surface area contributed by atoms with Crippen LogP contribution in [0.15, 0.2) is 59.5 Å². The number of fused-ring (bicyclic) bond motifs is 1. The molecule has 11 heteroatoms. The van der Waals surface area contributed by atoms with E-state index >= 15 is 0 Å². The van der Waals surface area contributed by atoms with Gasteiger partial charge in [-0.05, 0) is 29.8 Å². The summed E-state index contributed by atoms with van der Waals surface area (Å²) in [5.41, 5.74) is 8.58. The minimum absolute atomic E-state index is 0.103. The first-order chi connectivity index (χ1) is 16.1. The van der Waals surface area contributed by atoms with Gasteiger partial charge in [0.05, 0.1) is 38.3 Å². The number of para-hydroxylation sites is 1. The van der Waals surface area contributed by atoms with Gasteiger partial charge in [-0.25, -0.2) is 0 Å². The maximum absolute atomic E-state index is 12.9. The van der Waals surface area contributed by atoms with Gasteiger partial charge >= 0.3 is 6.36 Å². The quantitative estimate of drug-likeness (QED) is 0.337. The number of anilines is 2. The molecule has 3 aromatic rings. The molecule has 0 aromatic heterocycles. The molecule has 0 bridgehead atoms. The highest BCUT2D eigenvalue weighted by molar-refractivity contribution is 7.85. The van der Waals surface area contributed by atoms with Crippen LogP contribution in [0.1, 0.15) is 18.5 Å². The molecule has 0 spiro atoms. The summed E-state index contributed by atoms with van der Waals surface area (Å²) in [4.78, 5) is 0.716. The summed E-state index contributed by atoms with van der Waals surface area (Å²) in [7, 11) is -1.07. The number of nitrogens with one attached hydrogen (secondary N) is 2. The summed E-state index contributed by atoms with van der Waals surface area (Å²) in [6, 6.07) is 13.9. The van der Waals surface area contributed by atoms with Crippen LogP contribution in [0, 0.1) is 0 Å². The van der Waals surface area contributed by atoms with Crippen LogP contribution in [0.3, 0.4) is 0 Å². The highest BCUT2D eigenvalue weighted by Gasteiger charge is 2.34. The van der Waals surface area contributed by atoms with E-state index in [4.69, 9.17) is 28.9 Å². The molecule has 5 nitrogen and oxygen atoms in total. The van der Waals surface area contributed by atoms with E-state index in [9.17, 15) is 17.4 Å². The van der Waals surface area contributed by atoms with Crippen LogP contribution in [0.25, 0.3) is 11.1 Å². The number of benzene rings is 3. The second-order valence-corrected chi connectivity index (χ2v) is 10.0. The van der Waals surface area contributed by atoms with Gasteiger partial charge in [-0.2, -0.15) is 0 Å². The summed E-state index contributed by atoms with van der Waals surface area (Å²) in [5, 5.41) is 6.71. The van der Waals surface area contributed by atoms with Crippen molar-refractivity contribution < 1.29 is 22.1 Å². The van der Waals surface area contributed by atoms with Gasteiger partial charge in [0.15, 0.2) is 0 Å². The van der Waals surface area contributed by atoms with Crippen molar-refractivity contribution in [3.8, 4) is 16.9 Å². The lowest BCUT2D eigenvalue weighted by Gasteiger charge is -2.21. The van der Waals surface area contributed by atoms with Gasteiger partial charge in [-0.1, -0.05) is 60.5 Å². The second-order valence-electron chi connectivity index (χ2n) is 7.51. The minimum Gasteiger partial charge on any atom is -0.405 e. The molecule has 1 aliphatic heterocycles. The van der Waals surface area contributed by atoms with Crippen molar-refractivity contribution in [3.63, 3.8) is 0 Å². The van der Waals surface area contributed by atoms with E-state index in [0.29, 0.717) is 22.0 Å². The standard InChI is InChI=1S/C23H20Cl2F3N3O2S/c1-2-34(32)13-9-7-12(8-10-13)20(29)22-30-16-11-15(24)18(19(25)21(16)31-22)14-5-3-4-6-17(14)33-23(26,27)28/h3-11,20,22,30-31H,2,29H2,1H3. The third-order valence-electron chi connectivity index (χ3n) is 5.36. The number of halogens is 5. The van der Waals surface area contributed by atoms with E-state index in [1.165, 1.54) is 18.2 Å². The fourth-order valence-electron chi connectivity index (χ4n) is 3.75.